The average Bonchev–Trinajstić information content (AvgIpc) is 3.02. The molecule has 1 aliphatic rings. The largest absolute Gasteiger partial charge is 0.484 e. The zero-order valence-corrected chi connectivity index (χ0v) is 14.0. The Morgan fingerprint density at radius 3 is 2.57 bits per heavy atom. The highest BCUT2D eigenvalue weighted by Crippen LogP contribution is 2.32. The number of rotatable bonds is 6. The zero-order chi connectivity index (χ0) is 15.9. The predicted molar refractivity (Wildman–Crippen MR) is 91.8 cm³/mol. The Labute approximate surface area is 142 Å². The summed E-state index contributed by atoms with van der Waals surface area (Å²) in [5.41, 5.74) is 6.44. The molecule has 2 amide bonds. The second-order valence-electron chi connectivity index (χ2n) is 5.51. The number of nitrogens with one attached hydrogen (secondary N) is 2. The molecule has 0 bridgehead atoms. The van der Waals surface area contributed by atoms with Crippen LogP contribution in [-0.4, -0.2) is 32.0 Å². The van der Waals surface area contributed by atoms with E-state index < -0.39 is 0 Å². The maximum Gasteiger partial charge on any atom is 0.257 e. The Kier molecular flexibility index (Phi) is 7.85. The van der Waals surface area contributed by atoms with E-state index in [-0.39, 0.29) is 42.7 Å². The lowest BCUT2D eigenvalue weighted by molar-refractivity contribution is -0.122. The number of nitrogens with two attached hydrogens (primary N) is 1. The molecule has 7 heteroatoms. The van der Waals surface area contributed by atoms with E-state index in [1.807, 2.05) is 0 Å². The fourth-order valence-electron chi connectivity index (χ4n) is 2.75. The van der Waals surface area contributed by atoms with Crippen LogP contribution >= 0.6 is 12.4 Å². The number of ether oxygens (including phenoxy) is 1. The first-order chi connectivity index (χ1) is 10.6. The van der Waals surface area contributed by atoms with Crippen molar-refractivity contribution in [1.29, 1.82) is 0 Å². The lowest BCUT2D eigenvalue weighted by Crippen LogP contribution is -2.29. The van der Waals surface area contributed by atoms with Crippen molar-refractivity contribution in [3.8, 4) is 5.75 Å². The molecule has 1 saturated carbocycles. The van der Waals surface area contributed by atoms with Crippen LogP contribution in [0.3, 0.4) is 0 Å². The van der Waals surface area contributed by atoms with Gasteiger partial charge in [0, 0.05) is 18.7 Å². The number of hydrogen-bond donors (Lipinski definition) is 3. The number of anilines is 1. The number of benzene rings is 1. The van der Waals surface area contributed by atoms with Crippen molar-refractivity contribution in [2.75, 3.05) is 25.5 Å². The van der Waals surface area contributed by atoms with E-state index in [4.69, 9.17) is 10.5 Å². The second-order valence-corrected chi connectivity index (χ2v) is 5.51. The van der Waals surface area contributed by atoms with Gasteiger partial charge in [0.15, 0.2) is 6.61 Å². The fraction of sp³-hybridized carbons (Fsp3) is 0.500. The third kappa shape index (κ3) is 5.41. The molecule has 0 aromatic heterocycles. The van der Waals surface area contributed by atoms with Gasteiger partial charge in [-0.05, 0) is 49.6 Å². The maximum absolute atomic E-state index is 12.3. The first kappa shape index (κ1) is 19.3. The van der Waals surface area contributed by atoms with Gasteiger partial charge in [0.25, 0.3) is 5.91 Å². The summed E-state index contributed by atoms with van der Waals surface area (Å²) < 4.78 is 5.31. The van der Waals surface area contributed by atoms with Crippen LogP contribution in [0, 0.1) is 11.8 Å². The Morgan fingerprint density at radius 1 is 1.26 bits per heavy atom. The third-order valence-corrected chi connectivity index (χ3v) is 4.07. The summed E-state index contributed by atoms with van der Waals surface area (Å²) in [6, 6.07) is 6.99. The number of carbonyl (C=O) groups excluding carboxylic acids is 2. The van der Waals surface area contributed by atoms with Crippen molar-refractivity contribution >= 4 is 29.9 Å². The predicted octanol–water partition coefficient (Wildman–Crippen LogP) is 1.55. The van der Waals surface area contributed by atoms with Crippen molar-refractivity contribution in [2.45, 2.75) is 19.3 Å². The Balaban J connectivity index is 0.00000264. The summed E-state index contributed by atoms with van der Waals surface area (Å²) >= 11 is 0. The molecule has 23 heavy (non-hydrogen) atoms. The highest BCUT2D eigenvalue weighted by atomic mass is 35.5. The molecule has 1 aromatic carbocycles. The quantitative estimate of drug-likeness (QED) is 0.731. The van der Waals surface area contributed by atoms with E-state index in [2.05, 4.69) is 10.6 Å². The minimum Gasteiger partial charge on any atom is -0.484 e. The monoisotopic (exact) mass is 341 g/mol. The number of hydrogen-bond acceptors (Lipinski definition) is 4. The van der Waals surface area contributed by atoms with Gasteiger partial charge < -0.3 is 21.1 Å². The standard InChI is InChI=1S/C16H23N3O3.ClH/c1-18-15(20)10-22-13-7-5-12(6-8-13)19-16(21)14-4-2-3-11(14)9-17;/h5-8,11,14H,2-4,9-10,17H2,1H3,(H,18,20)(H,19,21);1H/t11-,14-;/m1./s1. The smallest absolute Gasteiger partial charge is 0.257 e. The molecular weight excluding hydrogens is 318 g/mol. The van der Waals surface area contributed by atoms with Crippen LogP contribution in [0.4, 0.5) is 5.69 Å². The third-order valence-electron chi connectivity index (χ3n) is 4.07. The van der Waals surface area contributed by atoms with E-state index >= 15 is 0 Å². The van der Waals surface area contributed by atoms with Gasteiger partial charge in [0.1, 0.15) is 5.75 Å². The first-order valence-corrected chi connectivity index (χ1v) is 7.58. The van der Waals surface area contributed by atoms with Crippen molar-refractivity contribution in [3.05, 3.63) is 24.3 Å². The van der Waals surface area contributed by atoms with E-state index in [1.165, 1.54) is 0 Å². The van der Waals surface area contributed by atoms with Crippen LogP contribution < -0.4 is 21.1 Å². The molecule has 0 spiro atoms. The molecule has 0 heterocycles. The molecule has 2 atom stereocenters. The van der Waals surface area contributed by atoms with E-state index in [0.717, 1.165) is 24.9 Å². The van der Waals surface area contributed by atoms with Crippen molar-refractivity contribution in [2.24, 2.45) is 17.6 Å². The van der Waals surface area contributed by atoms with Gasteiger partial charge in [-0.3, -0.25) is 9.59 Å². The minimum absolute atomic E-state index is 0. The topological polar surface area (TPSA) is 93.5 Å². The Morgan fingerprint density at radius 2 is 1.96 bits per heavy atom. The first-order valence-electron chi connectivity index (χ1n) is 7.58. The van der Waals surface area contributed by atoms with Crippen LogP contribution in [0.25, 0.3) is 0 Å². The normalized spacial score (nSPS) is 19.6. The molecule has 1 aliphatic carbocycles. The molecule has 6 nitrogen and oxygen atoms in total. The summed E-state index contributed by atoms with van der Waals surface area (Å²) in [6.07, 6.45) is 2.99. The van der Waals surface area contributed by atoms with Gasteiger partial charge in [0.2, 0.25) is 5.91 Å². The van der Waals surface area contributed by atoms with Crippen LogP contribution in [0.1, 0.15) is 19.3 Å². The summed E-state index contributed by atoms with van der Waals surface area (Å²) in [4.78, 5) is 23.4. The highest BCUT2D eigenvalue weighted by molar-refractivity contribution is 5.93. The van der Waals surface area contributed by atoms with Crippen molar-refractivity contribution in [3.63, 3.8) is 0 Å². The molecule has 1 fully saturated rings. The number of halogens is 1. The Bertz CT molecular complexity index is 522. The fourth-order valence-corrected chi connectivity index (χ4v) is 2.75. The summed E-state index contributed by atoms with van der Waals surface area (Å²) in [7, 11) is 1.56. The van der Waals surface area contributed by atoms with Gasteiger partial charge in [-0.25, -0.2) is 0 Å². The molecule has 0 radical (unpaired) electrons. The molecule has 2 rings (SSSR count). The number of amides is 2. The number of likely N-dealkylation sites (N-methyl/N-ethyl adjacent to an activating group) is 1. The highest BCUT2D eigenvalue weighted by Gasteiger charge is 2.31. The van der Waals surface area contributed by atoms with Gasteiger partial charge >= 0.3 is 0 Å². The molecule has 0 unspecified atom stereocenters. The van der Waals surface area contributed by atoms with Gasteiger partial charge in [-0.1, -0.05) is 6.42 Å². The molecule has 1 aromatic rings. The lowest BCUT2D eigenvalue weighted by atomic mass is 9.95. The Hall–Kier alpha value is -1.79. The minimum atomic E-state index is -0.188. The van der Waals surface area contributed by atoms with Crippen LogP contribution in [-0.2, 0) is 9.59 Å². The average molecular weight is 342 g/mol. The SMILES string of the molecule is CNC(=O)COc1ccc(NC(=O)[C@@H]2CCC[C@@H]2CN)cc1.Cl. The molecule has 128 valence electrons. The van der Waals surface area contributed by atoms with Gasteiger partial charge in [-0.2, -0.15) is 0 Å². The second kappa shape index (κ2) is 9.37. The van der Waals surface area contributed by atoms with Crippen LogP contribution in [0.15, 0.2) is 24.3 Å². The molecular formula is C16H24ClN3O3. The van der Waals surface area contributed by atoms with Crippen LogP contribution in [0.5, 0.6) is 5.75 Å². The summed E-state index contributed by atoms with van der Waals surface area (Å²) in [5.74, 6) is 0.727. The summed E-state index contributed by atoms with van der Waals surface area (Å²) in [6.45, 7) is 0.535. The van der Waals surface area contributed by atoms with E-state index in [9.17, 15) is 9.59 Å². The molecule has 0 aliphatic heterocycles. The molecule has 0 saturated heterocycles. The van der Waals surface area contributed by atoms with Crippen LogP contribution in [0.2, 0.25) is 0 Å². The van der Waals surface area contributed by atoms with E-state index in [1.54, 1.807) is 31.3 Å². The van der Waals surface area contributed by atoms with Crippen molar-refractivity contribution in [1.82, 2.24) is 5.32 Å². The molecule has 4 N–H and O–H groups in total. The van der Waals surface area contributed by atoms with Gasteiger partial charge in [-0.15, -0.1) is 12.4 Å². The van der Waals surface area contributed by atoms with E-state index in [0.29, 0.717) is 12.3 Å². The van der Waals surface area contributed by atoms with Gasteiger partial charge in [0.05, 0.1) is 0 Å². The van der Waals surface area contributed by atoms with Crippen molar-refractivity contribution < 1.29 is 14.3 Å². The zero-order valence-electron chi connectivity index (χ0n) is 13.2. The number of carbonyl (C=O) groups is 2. The lowest BCUT2D eigenvalue weighted by Gasteiger charge is -2.17. The maximum atomic E-state index is 12.3. The summed E-state index contributed by atoms with van der Waals surface area (Å²) in [5, 5.41) is 5.40.